The van der Waals surface area contributed by atoms with Crippen LogP contribution in [0.5, 0.6) is 0 Å². The van der Waals surface area contributed by atoms with E-state index in [2.05, 4.69) is 5.32 Å². The third-order valence-corrected chi connectivity index (χ3v) is 4.94. The fourth-order valence-corrected chi connectivity index (χ4v) is 3.32. The summed E-state index contributed by atoms with van der Waals surface area (Å²) in [5.41, 5.74) is 0.977. The minimum Gasteiger partial charge on any atom is -0.451 e. The Labute approximate surface area is 147 Å². The number of benzene rings is 1. The highest BCUT2D eigenvalue weighted by atomic mass is 16.5. The van der Waals surface area contributed by atoms with Gasteiger partial charge < -0.3 is 19.4 Å². The summed E-state index contributed by atoms with van der Waals surface area (Å²) in [4.78, 5) is 27.0. The van der Waals surface area contributed by atoms with Gasteiger partial charge in [-0.2, -0.15) is 0 Å². The van der Waals surface area contributed by atoms with E-state index in [1.54, 1.807) is 12.0 Å². The van der Waals surface area contributed by atoms with Crippen molar-refractivity contribution in [2.75, 3.05) is 33.4 Å². The molecular weight excluding hydrogens is 320 g/mol. The van der Waals surface area contributed by atoms with E-state index >= 15 is 0 Å². The Bertz CT molecular complexity index is 798. The first-order valence-corrected chi connectivity index (χ1v) is 8.51. The number of nitrogens with one attached hydrogen (secondary N) is 1. The fraction of sp³-hybridized carbons (Fsp3) is 0.474. The molecule has 0 radical (unpaired) electrons. The Morgan fingerprint density at radius 1 is 1.36 bits per heavy atom. The minimum atomic E-state index is -0.580. The Morgan fingerprint density at radius 3 is 2.84 bits per heavy atom. The van der Waals surface area contributed by atoms with E-state index < -0.39 is 5.41 Å². The second-order valence-corrected chi connectivity index (χ2v) is 6.84. The number of amides is 2. The lowest BCUT2D eigenvalue weighted by Crippen LogP contribution is -2.42. The number of hydrogen-bond acceptors (Lipinski definition) is 4. The predicted molar refractivity (Wildman–Crippen MR) is 94.5 cm³/mol. The van der Waals surface area contributed by atoms with Crippen LogP contribution < -0.4 is 5.32 Å². The Hall–Kier alpha value is -2.34. The topological polar surface area (TPSA) is 71.8 Å². The molecular formula is C19H24N2O4. The van der Waals surface area contributed by atoms with Crippen molar-refractivity contribution in [3.63, 3.8) is 0 Å². The van der Waals surface area contributed by atoms with Gasteiger partial charge in [-0.1, -0.05) is 18.2 Å². The third-order valence-electron chi connectivity index (χ3n) is 4.94. The Kier molecular flexibility index (Phi) is 4.81. The van der Waals surface area contributed by atoms with Gasteiger partial charge in [0.2, 0.25) is 5.91 Å². The van der Waals surface area contributed by atoms with Gasteiger partial charge in [0.1, 0.15) is 5.58 Å². The van der Waals surface area contributed by atoms with Crippen LogP contribution in [0.1, 0.15) is 29.5 Å². The first-order valence-electron chi connectivity index (χ1n) is 8.51. The number of likely N-dealkylation sites (tertiary alicyclic amines) is 1. The summed E-state index contributed by atoms with van der Waals surface area (Å²) in [7, 11) is 1.60. The maximum absolute atomic E-state index is 12.9. The first-order chi connectivity index (χ1) is 12.0. The zero-order valence-corrected chi connectivity index (χ0v) is 14.9. The van der Waals surface area contributed by atoms with Crippen molar-refractivity contribution in [1.82, 2.24) is 10.2 Å². The highest BCUT2D eigenvalue weighted by Crippen LogP contribution is 2.33. The number of fused-ring (bicyclic) bond motifs is 1. The average molecular weight is 344 g/mol. The van der Waals surface area contributed by atoms with Crippen LogP contribution in [-0.4, -0.2) is 50.1 Å². The molecule has 1 atom stereocenters. The highest BCUT2D eigenvalue weighted by molar-refractivity contribution is 5.99. The predicted octanol–water partition coefficient (Wildman–Crippen LogP) is 2.36. The summed E-state index contributed by atoms with van der Waals surface area (Å²) in [6, 6.07) is 7.62. The number of hydrogen-bond donors (Lipinski definition) is 1. The van der Waals surface area contributed by atoms with Crippen molar-refractivity contribution < 1.29 is 18.7 Å². The molecule has 6 heteroatoms. The van der Waals surface area contributed by atoms with Gasteiger partial charge in [-0.05, 0) is 26.3 Å². The monoisotopic (exact) mass is 344 g/mol. The molecule has 1 N–H and O–H groups in total. The highest BCUT2D eigenvalue weighted by Gasteiger charge is 2.42. The number of carbonyl (C=O) groups excluding carboxylic acids is 2. The van der Waals surface area contributed by atoms with Gasteiger partial charge >= 0.3 is 0 Å². The van der Waals surface area contributed by atoms with Crippen molar-refractivity contribution in [1.29, 1.82) is 0 Å². The Balaban J connectivity index is 1.73. The van der Waals surface area contributed by atoms with E-state index in [0.29, 0.717) is 44.0 Å². The molecule has 2 amide bonds. The summed E-state index contributed by atoms with van der Waals surface area (Å²) < 4.78 is 10.7. The number of carbonyl (C=O) groups is 2. The molecule has 1 aliphatic heterocycles. The zero-order valence-electron chi connectivity index (χ0n) is 14.9. The summed E-state index contributed by atoms with van der Waals surface area (Å²) in [6.07, 6.45) is 0.636. The molecule has 134 valence electrons. The number of ether oxygens (including phenoxy) is 1. The average Bonchev–Trinajstić information content (AvgIpc) is 3.17. The molecule has 0 bridgehead atoms. The van der Waals surface area contributed by atoms with E-state index in [1.807, 2.05) is 38.1 Å². The molecule has 2 heterocycles. The van der Waals surface area contributed by atoms with Crippen LogP contribution in [0.4, 0.5) is 0 Å². The molecule has 1 aromatic heterocycles. The summed E-state index contributed by atoms with van der Waals surface area (Å²) in [5, 5.41) is 3.82. The van der Waals surface area contributed by atoms with Gasteiger partial charge in [0.25, 0.3) is 5.91 Å². The van der Waals surface area contributed by atoms with E-state index in [1.165, 1.54) is 0 Å². The van der Waals surface area contributed by atoms with Gasteiger partial charge in [0.15, 0.2) is 5.76 Å². The molecule has 1 fully saturated rings. The van der Waals surface area contributed by atoms with Crippen LogP contribution >= 0.6 is 0 Å². The zero-order chi connectivity index (χ0) is 18.0. The number of rotatable bonds is 5. The van der Waals surface area contributed by atoms with Crippen molar-refractivity contribution in [3.05, 3.63) is 35.6 Å². The standard InChI is InChI=1S/C19H24N2O4/c1-13-14-6-4-5-7-15(14)25-16(13)17(22)21-10-8-19(2,12-21)18(23)20-9-11-24-3/h4-7H,8-12H2,1-3H3,(H,20,23). The van der Waals surface area contributed by atoms with Crippen LogP contribution in [0.3, 0.4) is 0 Å². The van der Waals surface area contributed by atoms with Gasteiger partial charge in [-0.25, -0.2) is 0 Å². The van der Waals surface area contributed by atoms with Gasteiger partial charge in [0.05, 0.1) is 12.0 Å². The van der Waals surface area contributed by atoms with Crippen LogP contribution in [0.25, 0.3) is 11.0 Å². The molecule has 1 aromatic carbocycles. The Morgan fingerprint density at radius 2 is 2.12 bits per heavy atom. The van der Waals surface area contributed by atoms with E-state index in [4.69, 9.17) is 9.15 Å². The lowest BCUT2D eigenvalue weighted by Gasteiger charge is -2.23. The molecule has 3 rings (SSSR count). The molecule has 25 heavy (non-hydrogen) atoms. The number of para-hydroxylation sites is 1. The maximum atomic E-state index is 12.9. The lowest BCUT2D eigenvalue weighted by atomic mass is 9.89. The van der Waals surface area contributed by atoms with Gasteiger partial charge in [-0.15, -0.1) is 0 Å². The smallest absolute Gasteiger partial charge is 0.289 e. The summed E-state index contributed by atoms with van der Waals surface area (Å²) in [6.45, 7) is 5.68. The summed E-state index contributed by atoms with van der Waals surface area (Å²) in [5.74, 6) is 0.175. The third kappa shape index (κ3) is 3.26. The van der Waals surface area contributed by atoms with Crippen molar-refractivity contribution in [2.24, 2.45) is 5.41 Å². The van der Waals surface area contributed by atoms with Gasteiger partial charge in [0, 0.05) is 37.7 Å². The van der Waals surface area contributed by atoms with Crippen molar-refractivity contribution in [3.8, 4) is 0 Å². The maximum Gasteiger partial charge on any atom is 0.289 e. The van der Waals surface area contributed by atoms with E-state index in [9.17, 15) is 9.59 Å². The number of methoxy groups -OCH3 is 1. The minimum absolute atomic E-state index is 0.0406. The van der Waals surface area contributed by atoms with Crippen molar-refractivity contribution in [2.45, 2.75) is 20.3 Å². The van der Waals surface area contributed by atoms with Crippen LogP contribution in [-0.2, 0) is 9.53 Å². The second kappa shape index (κ2) is 6.88. The van der Waals surface area contributed by atoms with E-state index in [-0.39, 0.29) is 11.8 Å². The van der Waals surface area contributed by atoms with Gasteiger partial charge in [-0.3, -0.25) is 9.59 Å². The second-order valence-electron chi connectivity index (χ2n) is 6.84. The van der Waals surface area contributed by atoms with Crippen molar-refractivity contribution >= 4 is 22.8 Å². The molecule has 0 aliphatic carbocycles. The molecule has 1 aliphatic rings. The first kappa shape index (κ1) is 17.5. The fourth-order valence-electron chi connectivity index (χ4n) is 3.32. The number of nitrogens with zero attached hydrogens (tertiary/aromatic N) is 1. The molecule has 0 saturated carbocycles. The van der Waals surface area contributed by atoms with Crippen LogP contribution in [0.15, 0.2) is 28.7 Å². The summed E-state index contributed by atoms with van der Waals surface area (Å²) >= 11 is 0. The van der Waals surface area contributed by atoms with E-state index in [0.717, 1.165) is 10.9 Å². The molecule has 2 aromatic rings. The molecule has 0 spiro atoms. The SMILES string of the molecule is COCCNC(=O)C1(C)CCN(C(=O)c2oc3ccccc3c2C)C1. The van der Waals surface area contributed by atoms with Crippen LogP contribution in [0.2, 0.25) is 0 Å². The number of furan rings is 1. The molecule has 6 nitrogen and oxygen atoms in total. The lowest BCUT2D eigenvalue weighted by molar-refractivity contribution is -0.129. The number of aryl methyl sites for hydroxylation is 1. The molecule has 1 saturated heterocycles. The molecule has 1 unspecified atom stereocenters. The largest absolute Gasteiger partial charge is 0.451 e. The van der Waals surface area contributed by atoms with Crippen LogP contribution in [0, 0.1) is 12.3 Å². The normalized spacial score (nSPS) is 20.2. The quantitative estimate of drug-likeness (QED) is 0.845.